The number of anilines is 1. The molecule has 1 atom stereocenters. The molecule has 4 rings (SSSR count). The van der Waals surface area contributed by atoms with E-state index in [2.05, 4.69) is 15.9 Å². The van der Waals surface area contributed by atoms with E-state index >= 15 is 0 Å². The maximum Gasteiger partial charge on any atom is 0.274 e. The van der Waals surface area contributed by atoms with E-state index in [1.807, 2.05) is 18.4 Å². The molecule has 3 heterocycles. The van der Waals surface area contributed by atoms with Crippen LogP contribution in [0, 0.1) is 5.82 Å². The van der Waals surface area contributed by atoms with Crippen LogP contribution in [0.25, 0.3) is 0 Å². The van der Waals surface area contributed by atoms with Crippen molar-refractivity contribution in [2.24, 2.45) is 7.05 Å². The minimum absolute atomic E-state index is 0.0118. The summed E-state index contributed by atoms with van der Waals surface area (Å²) in [6, 6.07) is 6.88. The maximum atomic E-state index is 14.4. The van der Waals surface area contributed by atoms with Crippen LogP contribution < -0.4 is 10.5 Å². The second-order valence-electron chi connectivity index (χ2n) is 7.44. The largest absolute Gasteiger partial charge is 0.334 e. The first-order valence-electron chi connectivity index (χ1n) is 9.17. The van der Waals surface area contributed by atoms with E-state index in [0.717, 1.165) is 4.60 Å². The molecule has 0 spiro atoms. The fourth-order valence-corrected chi connectivity index (χ4v) is 5.11. The highest BCUT2D eigenvalue weighted by atomic mass is 79.9. The summed E-state index contributed by atoms with van der Waals surface area (Å²) in [5.41, 5.74) is 1.35. The van der Waals surface area contributed by atoms with Gasteiger partial charge in [-0.05, 0) is 59.6 Å². The number of halogens is 4. The molecular formula is C21H17BrCl2FN3O2. The van der Waals surface area contributed by atoms with Crippen LogP contribution >= 0.6 is 39.1 Å². The molecule has 3 aromatic rings. The third kappa shape index (κ3) is 3.20. The lowest BCUT2D eigenvalue weighted by Crippen LogP contribution is -2.35. The molecule has 2 aromatic heterocycles. The lowest BCUT2D eigenvalue weighted by molar-refractivity contribution is 0.0993. The zero-order valence-corrected chi connectivity index (χ0v) is 19.4. The van der Waals surface area contributed by atoms with Gasteiger partial charge in [0.05, 0.1) is 25.9 Å². The summed E-state index contributed by atoms with van der Waals surface area (Å²) in [6.07, 6.45) is 1.48. The Hall–Kier alpha value is -2.09. The zero-order valence-electron chi connectivity index (χ0n) is 16.3. The molecule has 9 heteroatoms. The van der Waals surface area contributed by atoms with Gasteiger partial charge >= 0.3 is 0 Å². The number of hydrogen-bond acceptors (Lipinski definition) is 2. The number of aromatic nitrogens is 2. The molecule has 30 heavy (non-hydrogen) atoms. The molecule has 0 aliphatic carbocycles. The van der Waals surface area contributed by atoms with Crippen LogP contribution in [0.15, 0.2) is 45.9 Å². The topological polar surface area (TPSA) is 47.2 Å². The van der Waals surface area contributed by atoms with Gasteiger partial charge in [0.2, 0.25) is 0 Å². The molecule has 156 valence electrons. The summed E-state index contributed by atoms with van der Waals surface area (Å²) >= 11 is 15.6. The van der Waals surface area contributed by atoms with Crippen molar-refractivity contribution in [3.05, 3.63) is 84.2 Å². The van der Waals surface area contributed by atoms with Crippen LogP contribution in [0.2, 0.25) is 10.0 Å². The molecule has 1 aromatic carbocycles. The second kappa shape index (κ2) is 7.55. The van der Waals surface area contributed by atoms with Crippen LogP contribution in [-0.4, -0.2) is 15.0 Å². The molecule has 0 bridgehead atoms. The summed E-state index contributed by atoms with van der Waals surface area (Å²) in [6.45, 7) is 3.96. The van der Waals surface area contributed by atoms with Crippen molar-refractivity contribution in [2.45, 2.75) is 25.9 Å². The van der Waals surface area contributed by atoms with Crippen LogP contribution in [0.4, 0.5) is 10.1 Å². The number of rotatable bonds is 3. The summed E-state index contributed by atoms with van der Waals surface area (Å²) in [5, 5.41) is 0.291. The van der Waals surface area contributed by atoms with E-state index in [4.69, 9.17) is 23.2 Å². The predicted octanol–water partition coefficient (Wildman–Crippen LogP) is 5.73. The molecule has 0 radical (unpaired) electrons. The zero-order chi connectivity index (χ0) is 21.9. The third-order valence-electron chi connectivity index (χ3n) is 5.16. The van der Waals surface area contributed by atoms with Crippen molar-refractivity contribution in [3.8, 4) is 0 Å². The van der Waals surface area contributed by atoms with Gasteiger partial charge in [-0.1, -0.05) is 29.3 Å². The predicted molar refractivity (Wildman–Crippen MR) is 119 cm³/mol. The fourth-order valence-electron chi connectivity index (χ4n) is 3.92. The van der Waals surface area contributed by atoms with Crippen molar-refractivity contribution in [1.29, 1.82) is 0 Å². The smallest absolute Gasteiger partial charge is 0.274 e. The molecule has 0 fully saturated rings. The number of carbonyl (C=O) groups is 1. The van der Waals surface area contributed by atoms with Gasteiger partial charge < -0.3 is 9.13 Å². The highest BCUT2D eigenvalue weighted by Gasteiger charge is 2.44. The number of carbonyl (C=O) groups excluding carboxylic acids is 1. The van der Waals surface area contributed by atoms with E-state index < -0.39 is 11.9 Å². The Balaban J connectivity index is 2.04. The summed E-state index contributed by atoms with van der Waals surface area (Å²) in [5.74, 6) is -0.958. The van der Waals surface area contributed by atoms with Crippen molar-refractivity contribution in [2.75, 3.05) is 4.90 Å². The van der Waals surface area contributed by atoms with Gasteiger partial charge in [-0.3, -0.25) is 14.5 Å². The third-order valence-corrected chi connectivity index (χ3v) is 6.29. The molecule has 1 unspecified atom stereocenters. The number of benzene rings is 1. The van der Waals surface area contributed by atoms with E-state index in [9.17, 15) is 14.0 Å². The van der Waals surface area contributed by atoms with Gasteiger partial charge in [-0.2, -0.15) is 0 Å². The second-order valence-corrected chi connectivity index (χ2v) is 9.10. The van der Waals surface area contributed by atoms with Gasteiger partial charge in [-0.15, -0.1) is 0 Å². The Bertz CT molecular complexity index is 1250. The average Bonchev–Trinajstić information content (AvgIpc) is 3.14. The van der Waals surface area contributed by atoms with E-state index in [-0.39, 0.29) is 28.2 Å². The van der Waals surface area contributed by atoms with E-state index in [1.54, 1.807) is 19.2 Å². The van der Waals surface area contributed by atoms with Crippen molar-refractivity contribution in [1.82, 2.24) is 9.13 Å². The van der Waals surface area contributed by atoms with Crippen molar-refractivity contribution >= 4 is 50.7 Å². The first kappa shape index (κ1) is 21.2. The molecule has 1 amide bonds. The molecule has 0 saturated carbocycles. The maximum absolute atomic E-state index is 14.4. The molecule has 1 aliphatic rings. The lowest BCUT2D eigenvalue weighted by atomic mass is 10.0. The highest BCUT2D eigenvalue weighted by molar-refractivity contribution is 9.10. The Morgan fingerprint density at radius 1 is 1.13 bits per heavy atom. The SMILES string of the molecule is CC(C)n1c(Br)cc2c1C(c1ccc(Cl)c(F)c1)N(c1cc(Cl)cn(C)c1=O)C2=O. The number of amides is 1. The Labute approximate surface area is 190 Å². The minimum Gasteiger partial charge on any atom is -0.334 e. The van der Waals surface area contributed by atoms with Crippen molar-refractivity contribution in [3.63, 3.8) is 0 Å². The Kier molecular flexibility index (Phi) is 5.33. The fraction of sp³-hybridized carbons (Fsp3) is 0.238. The van der Waals surface area contributed by atoms with Gasteiger partial charge in [0, 0.05) is 19.3 Å². The van der Waals surface area contributed by atoms with Gasteiger partial charge in [0.15, 0.2) is 0 Å². The molecule has 0 saturated heterocycles. The summed E-state index contributed by atoms with van der Waals surface area (Å²) < 4.78 is 18.4. The summed E-state index contributed by atoms with van der Waals surface area (Å²) in [4.78, 5) is 27.8. The van der Waals surface area contributed by atoms with Crippen LogP contribution in [0.1, 0.15) is 47.5 Å². The van der Waals surface area contributed by atoms with Gasteiger partial charge in [0.1, 0.15) is 17.5 Å². The van der Waals surface area contributed by atoms with Crippen LogP contribution in [-0.2, 0) is 7.05 Å². The minimum atomic E-state index is -0.723. The number of aryl methyl sites for hydroxylation is 1. The molecule has 0 N–H and O–H groups in total. The highest BCUT2D eigenvalue weighted by Crippen LogP contribution is 2.45. The number of fused-ring (bicyclic) bond motifs is 1. The Morgan fingerprint density at radius 3 is 2.47 bits per heavy atom. The van der Waals surface area contributed by atoms with Gasteiger partial charge in [0.25, 0.3) is 11.5 Å². The quantitative estimate of drug-likeness (QED) is 0.450. The lowest BCUT2D eigenvalue weighted by Gasteiger charge is -2.28. The molecule has 5 nitrogen and oxygen atoms in total. The number of pyridine rings is 1. The van der Waals surface area contributed by atoms with E-state index in [1.165, 1.54) is 33.9 Å². The van der Waals surface area contributed by atoms with E-state index in [0.29, 0.717) is 21.8 Å². The molecule has 1 aliphatic heterocycles. The first-order chi connectivity index (χ1) is 14.1. The monoisotopic (exact) mass is 511 g/mol. The number of nitrogens with zero attached hydrogens (tertiary/aromatic N) is 3. The normalized spacial score (nSPS) is 15.9. The molecular weight excluding hydrogens is 496 g/mol. The first-order valence-corrected chi connectivity index (χ1v) is 10.7. The summed E-state index contributed by atoms with van der Waals surface area (Å²) in [7, 11) is 1.56. The number of hydrogen-bond donors (Lipinski definition) is 0. The van der Waals surface area contributed by atoms with Crippen LogP contribution in [0.3, 0.4) is 0 Å². The van der Waals surface area contributed by atoms with Gasteiger partial charge in [-0.25, -0.2) is 4.39 Å². The van der Waals surface area contributed by atoms with Crippen LogP contribution in [0.5, 0.6) is 0 Å². The van der Waals surface area contributed by atoms with Crippen molar-refractivity contribution < 1.29 is 9.18 Å². The standard InChI is InChI=1S/C21H17BrCl2FN3O2/c1-10(2)27-17(22)8-13-19(27)18(11-4-5-14(24)15(25)6-11)28(20(13)29)16-7-12(23)9-26(3)21(16)30/h4-10,18H,1-3H3. The average molecular weight is 513 g/mol. The Morgan fingerprint density at radius 2 is 1.83 bits per heavy atom.